The molecule has 62 heavy (non-hydrogen) atoms. The molecule has 0 unspecified atom stereocenters. The number of ether oxygens (including phenoxy) is 2. The van der Waals surface area contributed by atoms with Crippen LogP contribution in [0.4, 0.5) is 13.2 Å². The number of alkyl halides is 3. The van der Waals surface area contributed by atoms with E-state index in [9.17, 15) is 30.0 Å². The van der Waals surface area contributed by atoms with E-state index < -0.39 is 31.2 Å². The lowest BCUT2D eigenvalue weighted by Crippen LogP contribution is -2.35. The average Bonchev–Trinajstić information content (AvgIpc) is 3.77. The van der Waals surface area contributed by atoms with Crippen molar-refractivity contribution in [1.82, 2.24) is 39.4 Å². The van der Waals surface area contributed by atoms with Crippen molar-refractivity contribution in [2.75, 3.05) is 53.8 Å². The SMILES string of the molecule is CN(C)C1CCC(Oc2ncnc3sc4c(c23)CN(S(C)(=O)=O)CC4)CC1.CN(C)C1CCC(Oc2ncnc3sc4c(c23)CNCC4)CC1.CS(=O)(=O)Cl.O=C(O)C(F)(F)F. The molecule has 2 fully saturated rings. The largest absolute Gasteiger partial charge is 0.490 e. The first-order valence-electron chi connectivity index (χ1n) is 20.0. The number of thiophene rings is 2. The molecule has 2 saturated carbocycles. The second-order valence-corrected chi connectivity index (χ2v) is 23.2. The molecule has 346 valence electrons. The number of rotatable bonds is 7. The standard InChI is InChI=1S/C18H26N4O3S2.C17H24N4OS.C2HF3O2.CH3ClO2S/c1-21(2)12-4-6-13(7-5-12)25-17-16-14-10-22(27(3,23)24)9-8-15(14)26-18(16)20-11-19-17;1-21(2)11-3-5-12(6-4-11)22-16-15-13-9-18-8-7-14(13)23-17(15)20-10-19-16;3-2(4,5)1(6)7;1-5(2,3)4/h11-13H,4-10H2,1-3H3;10-12,18H,3-9H2,1-2H3;(H,6,7);1H3. The van der Waals surface area contributed by atoms with Crippen LogP contribution >= 0.6 is 33.4 Å². The van der Waals surface area contributed by atoms with Crippen molar-refractivity contribution in [3.63, 3.8) is 0 Å². The zero-order valence-corrected chi connectivity index (χ0v) is 39.5. The van der Waals surface area contributed by atoms with E-state index in [1.165, 1.54) is 38.7 Å². The minimum atomic E-state index is -5.08. The lowest BCUT2D eigenvalue weighted by molar-refractivity contribution is -0.192. The summed E-state index contributed by atoms with van der Waals surface area (Å²) in [6.07, 6.45) is 11.5. The summed E-state index contributed by atoms with van der Waals surface area (Å²) in [7, 11) is 6.69. The molecule has 0 aromatic carbocycles. The number of nitrogens with one attached hydrogen (secondary N) is 1. The lowest BCUT2D eigenvalue weighted by Gasteiger charge is -2.32. The Bertz CT molecular complexity index is 2360. The molecule has 0 radical (unpaired) electrons. The van der Waals surface area contributed by atoms with Crippen LogP contribution in [0.15, 0.2) is 12.7 Å². The Hall–Kier alpha value is -3.03. The average molecular weight is 972 g/mol. The van der Waals surface area contributed by atoms with Crippen molar-refractivity contribution in [3.8, 4) is 11.8 Å². The maximum absolute atomic E-state index is 12.0. The number of carbonyl (C=O) groups is 1. The number of sulfonamides is 1. The van der Waals surface area contributed by atoms with Crippen LogP contribution in [-0.4, -0.2) is 146 Å². The first-order chi connectivity index (χ1) is 29.0. The second kappa shape index (κ2) is 21.3. The Balaban J connectivity index is 0.000000187. The van der Waals surface area contributed by atoms with Crippen molar-refractivity contribution < 1.29 is 49.4 Å². The van der Waals surface area contributed by atoms with Crippen LogP contribution in [0, 0.1) is 0 Å². The molecule has 6 heterocycles. The number of carboxylic acid groups (broad SMARTS) is 1. The molecule has 4 aromatic heterocycles. The fraction of sp³-hybridized carbons (Fsp3) is 0.658. The molecule has 0 atom stereocenters. The quantitative estimate of drug-likeness (QED) is 0.215. The number of carboxylic acids is 1. The zero-order valence-electron chi connectivity index (χ0n) is 35.4. The molecule has 0 spiro atoms. The normalized spacial score (nSPS) is 22.0. The van der Waals surface area contributed by atoms with Gasteiger partial charge in [0.15, 0.2) is 0 Å². The van der Waals surface area contributed by atoms with E-state index in [1.54, 1.807) is 35.3 Å². The molecule has 16 nitrogen and oxygen atoms in total. The minimum Gasteiger partial charge on any atom is -0.475 e. The van der Waals surface area contributed by atoms with Gasteiger partial charge < -0.3 is 29.7 Å². The topological polar surface area (TPSA) is 197 Å². The maximum atomic E-state index is 12.0. The van der Waals surface area contributed by atoms with Gasteiger partial charge in [0.05, 0.1) is 23.3 Å². The Morgan fingerprint density at radius 1 is 0.790 bits per heavy atom. The van der Waals surface area contributed by atoms with E-state index in [2.05, 4.69) is 73.9 Å². The third-order valence-electron chi connectivity index (χ3n) is 11.0. The van der Waals surface area contributed by atoms with E-state index in [4.69, 9.17) is 19.4 Å². The van der Waals surface area contributed by atoms with Crippen molar-refractivity contribution in [2.45, 2.75) is 108 Å². The van der Waals surface area contributed by atoms with Crippen LogP contribution in [0.1, 0.15) is 72.2 Å². The van der Waals surface area contributed by atoms with Gasteiger partial charge in [0.2, 0.25) is 30.8 Å². The highest BCUT2D eigenvalue weighted by molar-refractivity contribution is 8.13. The number of halogens is 4. The summed E-state index contributed by atoms with van der Waals surface area (Å²) in [6, 6.07) is 1.31. The molecular weight excluding hydrogens is 917 g/mol. The molecule has 4 aromatic rings. The number of hydrogen-bond acceptors (Lipinski definition) is 16. The van der Waals surface area contributed by atoms with Gasteiger partial charge in [-0.05, 0) is 104 Å². The van der Waals surface area contributed by atoms with Crippen LogP contribution in [0.2, 0.25) is 0 Å². The van der Waals surface area contributed by atoms with Crippen molar-refractivity contribution in [2.24, 2.45) is 0 Å². The third-order valence-corrected chi connectivity index (χ3v) is 14.7. The van der Waals surface area contributed by atoms with E-state index in [1.807, 2.05) is 0 Å². The van der Waals surface area contributed by atoms with Crippen molar-refractivity contribution >= 4 is 78.8 Å². The molecule has 2 aliphatic heterocycles. The van der Waals surface area contributed by atoms with Gasteiger partial charge >= 0.3 is 12.1 Å². The highest BCUT2D eigenvalue weighted by Crippen LogP contribution is 2.40. The van der Waals surface area contributed by atoms with Gasteiger partial charge in [0.25, 0.3) is 0 Å². The van der Waals surface area contributed by atoms with Gasteiger partial charge in [0, 0.05) is 58.7 Å². The molecule has 24 heteroatoms. The van der Waals surface area contributed by atoms with E-state index in [-0.39, 0.29) is 12.2 Å². The van der Waals surface area contributed by atoms with E-state index in [0.29, 0.717) is 31.1 Å². The third kappa shape index (κ3) is 14.0. The molecule has 4 aliphatic rings. The minimum absolute atomic E-state index is 0.157. The van der Waals surface area contributed by atoms with E-state index >= 15 is 0 Å². The van der Waals surface area contributed by atoms with Crippen LogP contribution in [-0.2, 0) is 49.8 Å². The van der Waals surface area contributed by atoms with E-state index in [0.717, 1.165) is 103 Å². The Morgan fingerprint density at radius 3 is 1.61 bits per heavy atom. The summed E-state index contributed by atoms with van der Waals surface area (Å²) in [5.74, 6) is -1.35. The maximum Gasteiger partial charge on any atom is 0.490 e. The summed E-state index contributed by atoms with van der Waals surface area (Å²) in [4.78, 5) is 35.9. The summed E-state index contributed by atoms with van der Waals surface area (Å²) < 4.78 is 88.7. The van der Waals surface area contributed by atoms with Crippen LogP contribution in [0.3, 0.4) is 0 Å². The number of aliphatic carboxylic acids is 1. The van der Waals surface area contributed by atoms with Gasteiger partial charge in [-0.3, -0.25) is 0 Å². The molecule has 0 bridgehead atoms. The van der Waals surface area contributed by atoms with Gasteiger partial charge in [-0.25, -0.2) is 41.6 Å². The fourth-order valence-electron chi connectivity index (χ4n) is 7.81. The molecule has 2 N–H and O–H groups in total. The molecular formula is C38H54ClF3N8O8S4. The van der Waals surface area contributed by atoms with Crippen molar-refractivity contribution in [1.29, 1.82) is 0 Å². The molecule has 0 saturated heterocycles. The lowest BCUT2D eigenvalue weighted by atomic mass is 9.92. The summed E-state index contributed by atoms with van der Waals surface area (Å²) in [5, 5.41) is 12.6. The first kappa shape index (κ1) is 50.0. The smallest absolute Gasteiger partial charge is 0.475 e. The Labute approximate surface area is 372 Å². The van der Waals surface area contributed by atoms with Gasteiger partial charge in [-0.1, -0.05) is 0 Å². The molecule has 8 rings (SSSR count). The Kier molecular flexibility index (Phi) is 17.2. The zero-order chi connectivity index (χ0) is 45.6. The number of fused-ring (bicyclic) bond motifs is 6. The van der Waals surface area contributed by atoms with Gasteiger partial charge in [0.1, 0.15) is 34.5 Å². The van der Waals surface area contributed by atoms with Gasteiger partial charge in [-0.2, -0.15) is 17.5 Å². The number of aromatic nitrogens is 4. The van der Waals surface area contributed by atoms with Crippen LogP contribution in [0.5, 0.6) is 11.8 Å². The first-order valence-corrected chi connectivity index (χ1v) is 26.2. The predicted molar refractivity (Wildman–Crippen MR) is 234 cm³/mol. The monoisotopic (exact) mass is 970 g/mol. The highest BCUT2D eigenvalue weighted by Gasteiger charge is 2.38. The van der Waals surface area contributed by atoms with Crippen molar-refractivity contribution in [3.05, 3.63) is 33.5 Å². The van der Waals surface area contributed by atoms with Crippen LogP contribution in [0.25, 0.3) is 20.4 Å². The number of hydrogen-bond donors (Lipinski definition) is 2. The summed E-state index contributed by atoms with van der Waals surface area (Å²) >= 11 is 3.44. The van der Waals surface area contributed by atoms with Crippen LogP contribution < -0.4 is 14.8 Å². The number of nitrogens with zero attached hydrogens (tertiary/aromatic N) is 7. The van der Waals surface area contributed by atoms with Gasteiger partial charge in [-0.15, -0.1) is 22.7 Å². The molecule has 0 amide bonds. The fourth-order valence-corrected chi connectivity index (χ4v) is 10.9. The second-order valence-electron chi connectivity index (χ2n) is 16.0. The highest BCUT2D eigenvalue weighted by atomic mass is 35.7. The summed E-state index contributed by atoms with van der Waals surface area (Å²) in [5.41, 5.74) is 2.37. The summed E-state index contributed by atoms with van der Waals surface area (Å²) in [6.45, 7) is 2.87. The Morgan fingerprint density at radius 2 is 1.21 bits per heavy atom. The molecule has 2 aliphatic carbocycles. The predicted octanol–water partition coefficient (Wildman–Crippen LogP) is 5.67.